The molecule has 0 saturated carbocycles. The molecule has 4 rings (SSSR count). The highest BCUT2D eigenvalue weighted by Gasteiger charge is 2.13. The molecule has 108 valence electrons. The van der Waals surface area contributed by atoms with Crippen molar-refractivity contribution >= 4 is 54.1 Å². The van der Waals surface area contributed by atoms with E-state index in [1.54, 1.807) is 23.5 Å². The van der Waals surface area contributed by atoms with Crippen LogP contribution in [0.4, 0.5) is 5.13 Å². The molecule has 4 aromatic rings. The molecule has 2 aromatic carbocycles. The summed E-state index contributed by atoms with van der Waals surface area (Å²) in [7, 11) is 0. The highest BCUT2D eigenvalue weighted by atomic mass is 32.1. The fourth-order valence-electron chi connectivity index (χ4n) is 2.30. The quantitative estimate of drug-likeness (QED) is 0.592. The molecule has 0 aliphatic rings. The molecule has 2 aromatic heterocycles. The third-order valence-corrected chi connectivity index (χ3v) is 5.21. The summed E-state index contributed by atoms with van der Waals surface area (Å²) in [5.74, 6) is -0.148. The number of rotatable bonds is 2. The number of hydrogen-bond acceptors (Lipinski definition) is 5. The predicted molar refractivity (Wildman–Crippen MR) is 91.9 cm³/mol. The number of carbonyl (C=O) groups is 1. The molecule has 0 bridgehead atoms. The Hall–Kier alpha value is -2.31. The van der Waals surface area contributed by atoms with Gasteiger partial charge < -0.3 is 0 Å². The summed E-state index contributed by atoms with van der Waals surface area (Å²) in [4.78, 5) is 21.3. The lowest BCUT2D eigenvalue weighted by atomic mass is 10.2. The first-order valence-corrected chi connectivity index (χ1v) is 8.37. The average Bonchev–Trinajstić information content (AvgIpc) is 3.09. The second-order valence-corrected chi connectivity index (χ2v) is 7.07. The van der Waals surface area contributed by atoms with Gasteiger partial charge in [-0.25, -0.2) is 9.97 Å². The van der Waals surface area contributed by atoms with Crippen LogP contribution in [0, 0.1) is 6.92 Å². The highest BCUT2D eigenvalue weighted by molar-refractivity contribution is 7.24. The topological polar surface area (TPSA) is 54.9 Å². The van der Waals surface area contributed by atoms with Crippen LogP contribution in [0.5, 0.6) is 0 Å². The molecule has 4 nitrogen and oxygen atoms in total. The zero-order chi connectivity index (χ0) is 15.1. The van der Waals surface area contributed by atoms with Crippen LogP contribution in [0.2, 0.25) is 0 Å². The fraction of sp³-hybridized carbons (Fsp3) is 0.0625. The smallest absolute Gasteiger partial charge is 0.257 e. The first-order chi connectivity index (χ1) is 10.7. The Bertz CT molecular complexity index is 989. The fourth-order valence-corrected chi connectivity index (χ4v) is 4.15. The molecule has 0 radical (unpaired) electrons. The monoisotopic (exact) mass is 325 g/mol. The Labute approximate surface area is 134 Å². The molecular formula is C16H11N3OS2. The maximum absolute atomic E-state index is 12.2. The van der Waals surface area contributed by atoms with Gasteiger partial charge in [-0.3, -0.25) is 10.1 Å². The summed E-state index contributed by atoms with van der Waals surface area (Å²) < 4.78 is 2.17. The van der Waals surface area contributed by atoms with Gasteiger partial charge in [0.15, 0.2) is 5.13 Å². The van der Waals surface area contributed by atoms with Gasteiger partial charge in [0, 0.05) is 5.56 Å². The second kappa shape index (κ2) is 5.15. The number of aromatic nitrogens is 2. The number of thiazole rings is 2. The lowest BCUT2D eigenvalue weighted by Gasteiger charge is -2.00. The SMILES string of the molecule is Cc1nc2c(ccc3nc(NC(=O)c4ccccc4)sc32)s1. The van der Waals surface area contributed by atoms with Gasteiger partial charge in [0.25, 0.3) is 5.91 Å². The van der Waals surface area contributed by atoms with E-state index >= 15 is 0 Å². The second-order valence-electron chi connectivity index (χ2n) is 4.83. The number of nitrogens with one attached hydrogen (secondary N) is 1. The summed E-state index contributed by atoms with van der Waals surface area (Å²) in [6, 6.07) is 13.1. The van der Waals surface area contributed by atoms with Crippen LogP contribution in [0.3, 0.4) is 0 Å². The van der Waals surface area contributed by atoms with E-state index < -0.39 is 0 Å². The van der Waals surface area contributed by atoms with Crippen LogP contribution in [-0.2, 0) is 0 Å². The van der Waals surface area contributed by atoms with E-state index in [0.717, 1.165) is 25.4 Å². The van der Waals surface area contributed by atoms with E-state index in [-0.39, 0.29) is 5.91 Å². The summed E-state index contributed by atoms with van der Waals surface area (Å²) in [5, 5.41) is 4.50. The standard InChI is InChI=1S/C16H11N3OS2/c1-9-17-13-12(21-9)8-7-11-14(13)22-16(18-11)19-15(20)10-5-3-2-4-6-10/h2-8H,1H3,(H,18,19,20). The van der Waals surface area contributed by atoms with Crippen molar-refractivity contribution < 1.29 is 4.79 Å². The molecule has 0 fully saturated rings. The summed E-state index contributed by atoms with van der Waals surface area (Å²) in [5.41, 5.74) is 2.46. The molecule has 1 amide bonds. The highest BCUT2D eigenvalue weighted by Crippen LogP contribution is 2.34. The first-order valence-electron chi connectivity index (χ1n) is 6.74. The molecule has 0 atom stereocenters. The Morgan fingerprint density at radius 2 is 1.86 bits per heavy atom. The van der Waals surface area contributed by atoms with E-state index in [2.05, 4.69) is 15.3 Å². The number of hydrogen-bond donors (Lipinski definition) is 1. The average molecular weight is 325 g/mol. The molecule has 0 unspecified atom stereocenters. The molecule has 2 heterocycles. The molecule has 0 spiro atoms. The van der Waals surface area contributed by atoms with E-state index in [1.165, 1.54) is 11.3 Å². The molecule has 0 saturated heterocycles. The Morgan fingerprint density at radius 3 is 2.68 bits per heavy atom. The van der Waals surface area contributed by atoms with Gasteiger partial charge in [-0.1, -0.05) is 29.5 Å². The minimum atomic E-state index is -0.148. The van der Waals surface area contributed by atoms with Crippen molar-refractivity contribution in [3.63, 3.8) is 0 Å². The number of aryl methyl sites for hydroxylation is 1. The van der Waals surface area contributed by atoms with Crippen LogP contribution in [-0.4, -0.2) is 15.9 Å². The van der Waals surface area contributed by atoms with E-state index in [1.807, 2.05) is 37.3 Å². The van der Waals surface area contributed by atoms with Crippen LogP contribution in [0.15, 0.2) is 42.5 Å². The van der Waals surface area contributed by atoms with Crippen molar-refractivity contribution in [3.8, 4) is 0 Å². The number of carbonyl (C=O) groups excluding carboxylic acids is 1. The maximum atomic E-state index is 12.2. The molecule has 1 N–H and O–H groups in total. The van der Waals surface area contributed by atoms with Crippen molar-refractivity contribution in [2.75, 3.05) is 5.32 Å². The number of nitrogens with zero attached hydrogens (tertiary/aromatic N) is 2. The van der Waals surface area contributed by atoms with Crippen LogP contribution >= 0.6 is 22.7 Å². The number of anilines is 1. The minimum Gasteiger partial charge on any atom is -0.298 e. The van der Waals surface area contributed by atoms with Gasteiger partial charge in [0.2, 0.25) is 0 Å². The lowest BCUT2D eigenvalue weighted by molar-refractivity contribution is 0.102. The first kappa shape index (κ1) is 13.4. The normalized spacial score (nSPS) is 11.1. The Kier molecular flexibility index (Phi) is 3.13. The summed E-state index contributed by atoms with van der Waals surface area (Å²) >= 11 is 3.13. The van der Waals surface area contributed by atoms with Gasteiger partial charge in [0.05, 0.1) is 19.9 Å². The number of benzene rings is 2. The Balaban J connectivity index is 1.73. The maximum Gasteiger partial charge on any atom is 0.257 e. The number of fused-ring (bicyclic) bond motifs is 3. The van der Waals surface area contributed by atoms with Gasteiger partial charge in [-0.2, -0.15) is 0 Å². The minimum absolute atomic E-state index is 0.148. The molecule has 0 aliphatic carbocycles. The van der Waals surface area contributed by atoms with Gasteiger partial charge >= 0.3 is 0 Å². The largest absolute Gasteiger partial charge is 0.298 e. The summed E-state index contributed by atoms with van der Waals surface area (Å²) in [6.07, 6.45) is 0. The lowest BCUT2D eigenvalue weighted by Crippen LogP contribution is -2.11. The van der Waals surface area contributed by atoms with Crippen molar-refractivity contribution in [1.29, 1.82) is 0 Å². The molecule has 0 aliphatic heterocycles. The van der Waals surface area contributed by atoms with Crippen LogP contribution in [0.25, 0.3) is 20.4 Å². The van der Waals surface area contributed by atoms with E-state index in [9.17, 15) is 4.79 Å². The van der Waals surface area contributed by atoms with Gasteiger partial charge in [-0.05, 0) is 31.2 Å². The summed E-state index contributed by atoms with van der Waals surface area (Å²) in [6.45, 7) is 2.00. The molecule has 22 heavy (non-hydrogen) atoms. The molecular weight excluding hydrogens is 314 g/mol. The van der Waals surface area contributed by atoms with Crippen molar-refractivity contribution in [3.05, 3.63) is 53.0 Å². The van der Waals surface area contributed by atoms with E-state index in [4.69, 9.17) is 0 Å². The predicted octanol–water partition coefficient (Wildman–Crippen LogP) is 4.47. The zero-order valence-corrected chi connectivity index (χ0v) is 13.3. The third-order valence-electron chi connectivity index (χ3n) is 3.28. The van der Waals surface area contributed by atoms with Crippen LogP contribution < -0.4 is 5.32 Å². The van der Waals surface area contributed by atoms with Crippen molar-refractivity contribution in [2.24, 2.45) is 0 Å². The van der Waals surface area contributed by atoms with Crippen molar-refractivity contribution in [1.82, 2.24) is 9.97 Å². The van der Waals surface area contributed by atoms with Crippen molar-refractivity contribution in [2.45, 2.75) is 6.92 Å². The van der Waals surface area contributed by atoms with Gasteiger partial charge in [0.1, 0.15) is 5.52 Å². The molecule has 6 heteroatoms. The zero-order valence-electron chi connectivity index (χ0n) is 11.7. The Morgan fingerprint density at radius 1 is 1.05 bits per heavy atom. The van der Waals surface area contributed by atoms with Crippen LogP contribution in [0.1, 0.15) is 15.4 Å². The third kappa shape index (κ3) is 2.26. The number of amides is 1. The van der Waals surface area contributed by atoms with E-state index in [0.29, 0.717) is 10.7 Å². The van der Waals surface area contributed by atoms with Gasteiger partial charge in [-0.15, -0.1) is 11.3 Å².